The Morgan fingerprint density at radius 1 is 1.03 bits per heavy atom. The summed E-state index contributed by atoms with van der Waals surface area (Å²) in [5, 5.41) is 6.79. The number of aliphatic imine (C=N–C) groups is 1. The quantitative estimate of drug-likeness (QED) is 0.341. The van der Waals surface area contributed by atoms with E-state index in [2.05, 4.69) is 41.4 Å². The first-order valence-electron chi connectivity index (χ1n) is 10.4. The van der Waals surface area contributed by atoms with E-state index in [4.69, 9.17) is 0 Å². The molecule has 0 bridgehead atoms. The molecule has 0 aliphatic carbocycles. The zero-order valence-corrected chi connectivity index (χ0v) is 18.2. The van der Waals surface area contributed by atoms with Gasteiger partial charge >= 0.3 is 6.18 Å². The molecule has 2 aromatic rings. The second-order valence-corrected chi connectivity index (χ2v) is 7.19. The normalized spacial score (nSPS) is 12.1. The number of unbranched alkanes of at least 4 members (excludes halogenated alkanes) is 2. The molecule has 0 saturated heterocycles. The second-order valence-electron chi connectivity index (χ2n) is 7.19. The summed E-state index contributed by atoms with van der Waals surface area (Å²) in [5.41, 5.74) is 2.31. The molecule has 0 aromatic heterocycles. The number of rotatable bonds is 10. The van der Waals surface area contributed by atoms with Gasteiger partial charge in [-0.15, -0.1) is 0 Å². The summed E-state index contributed by atoms with van der Waals surface area (Å²) < 4.78 is 35.9. The first kappa shape index (κ1) is 25.9. The largest absolute Gasteiger partial charge is 0.416 e. The number of nitrogens with zero attached hydrogens (tertiary/aromatic N) is 1. The van der Waals surface area contributed by atoms with Gasteiger partial charge in [-0.05, 0) is 44.8 Å². The molecule has 1 atom stereocenters. The molecular formula is C24H34F3N3. The fourth-order valence-corrected chi connectivity index (χ4v) is 3.08. The minimum absolute atomic E-state index is 0.376. The lowest BCUT2D eigenvalue weighted by Gasteiger charge is -2.20. The van der Waals surface area contributed by atoms with Gasteiger partial charge in [-0.2, -0.15) is 13.2 Å². The molecule has 0 amide bonds. The Morgan fingerprint density at radius 3 is 2.33 bits per heavy atom. The van der Waals surface area contributed by atoms with E-state index in [0.717, 1.165) is 37.3 Å². The molecule has 0 aliphatic rings. The average Bonchev–Trinajstić information content (AvgIpc) is 2.73. The SMILES string of the molecule is C=Nc1ccccc1C(CCCCC)NCCNC.Cc1cccc(C(F)(F)F)c1. The molecule has 2 aromatic carbocycles. The van der Waals surface area contributed by atoms with Crippen LogP contribution in [-0.4, -0.2) is 26.9 Å². The van der Waals surface area contributed by atoms with Gasteiger partial charge in [-0.3, -0.25) is 4.99 Å². The summed E-state index contributed by atoms with van der Waals surface area (Å²) in [6.45, 7) is 9.50. The van der Waals surface area contributed by atoms with Crippen molar-refractivity contribution in [2.45, 2.75) is 51.7 Å². The number of likely N-dealkylation sites (N-methyl/N-ethyl adjacent to an activating group) is 1. The van der Waals surface area contributed by atoms with Crippen LogP contribution in [0.3, 0.4) is 0 Å². The summed E-state index contributed by atoms with van der Waals surface area (Å²) in [7, 11) is 1.98. The third-order valence-corrected chi connectivity index (χ3v) is 4.69. The van der Waals surface area contributed by atoms with Gasteiger partial charge in [0.2, 0.25) is 0 Å². The summed E-state index contributed by atoms with van der Waals surface area (Å²) >= 11 is 0. The molecule has 30 heavy (non-hydrogen) atoms. The van der Waals surface area contributed by atoms with Crippen molar-refractivity contribution < 1.29 is 13.2 Å². The third-order valence-electron chi connectivity index (χ3n) is 4.69. The van der Waals surface area contributed by atoms with Crippen molar-refractivity contribution in [1.82, 2.24) is 10.6 Å². The van der Waals surface area contributed by atoms with E-state index in [1.165, 1.54) is 30.9 Å². The summed E-state index contributed by atoms with van der Waals surface area (Å²) in [6, 6.07) is 13.9. The van der Waals surface area contributed by atoms with Gasteiger partial charge < -0.3 is 10.6 Å². The average molecular weight is 422 g/mol. The highest BCUT2D eigenvalue weighted by molar-refractivity contribution is 5.52. The number of hydrogen-bond acceptors (Lipinski definition) is 3. The Balaban J connectivity index is 0.000000346. The van der Waals surface area contributed by atoms with Crippen LogP contribution in [0.5, 0.6) is 0 Å². The van der Waals surface area contributed by atoms with Crippen LogP contribution >= 0.6 is 0 Å². The molecule has 3 nitrogen and oxygen atoms in total. The van der Waals surface area contributed by atoms with E-state index in [1.54, 1.807) is 13.0 Å². The minimum atomic E-state index is -4.22. The zero-order valence-electron chi connectivity index (χ0n) is 18.2. The lowest BCUT2D eigenvalue weighted by atomic mass is 9.99. The van der Waals surface area contributed by atoms with Crippen molar-refractivity contribution in [3.8, 4) is 0 Å². The van der Waals surface area contributed by atoms with E-state index in [9.17, 15) is 13.2 Å². The van der Waals surface area contributed by atoms with E-state index in [1.807, 2.05) is 19.2 Å². The van der Waals surface area contributed by atoms with Crippen LogP contribution in [0.25, 0.3) is 0 Å². The monoisotopic (exact) mass is 421 g/mol. The summed E-state index contributed by atoms with van der Waals surface area (Å²) in [6.07, 6.45) is 0.730. The van der Waals surface area contributed by atoms with Gasteiger partial charge in [0.15, 0.2) is 0 Å². The van der Waals surface area contributed by atoms with Crippen LogP contribution in [0, 0.1) is 6.92 Å². The number of para-hydroxylation sites is 1. The van der Waals surface area contributed by atoms with Crippen LogP contribution in [0.15, 0.2) is 53.5 Å². The van der Waals surface area contributed by atoms with Crippen molar-refractivity contribution in [2.24, 2.45) is 4.99 Å². The van der Waals surface area contributed by atoms with Gasteiger partial charge in [0.05, 0.1) is 11.3 Å². The predicted octanol–water partition coefficient (Wildman–Crippen LogP) is 6.46. The lowest BCUT2D eigenvalue weighted by Crippen LogP contribution is -2.28. The standard InChI is InChI=1S/C16H27N3.C8H7F3/c1-4-5-6-11-16(19-13-12-17-2)14-9-7-8-10-15(14)18-3;1-6-3-2-4-7(5-6)8(9,10)11/h7-10,16-17,19H,3-6,11-13H2,1-2H3;2-5H,1H3. The maximum atomic E-state index is 12.0. The second kappa shape index (κ2) is 13.9. The molecule has 0 fully saturated rings. The van der Waals surface area contributed by atoms with Gasteiger partial charge in [-0.25, -0.2) is 0 Å². The highest BCUT2D eigenvalue weighted by Gasteiger charge is 2.29. The molecule has 2 rings (SSSR count). The first-order valence-corrected chi connectivity index (χ1v) is 10.4. The predicted molar refractivity (Wildman–Crippen MR) is 121 cm³/mol. The van der Waals surface area contributed by atoms with Gasteiger partial charge in [-0.1, -0.05) is 68.1 Å². The molecule has 166 valence electrons. The van der Waals surface area contributed by atoms with Crippen molar-refractivity contribution in [3.63, 3.8) is 0 Å². The number of nitrogens with one attached hydrogen (secondary N) is 2. The maximum absolute atomic E-state index is 12.0. The van der Waals surface area contributed by atoms with Gasteiger partial charge in [0, 0.05) is 19.1 Å². The van der Waals surface area contributed by atoms with Crippen molar-refractivity contribution in [3.05, 3.63) is 65.2 Å². The Labute approximate surface area is 178 Å². The van der Waals surface area contributed by atoms with Crippen molar-refractivity contribution >= 4 is 12.4 Å². The first-order chi connectivity index (χ1) is 14.3. The number of alkyl halides is 3. The fraction of sp³-hybridized carbons (Fsp3) is 0.458. The van der Waals surface area contributed by atoms with Crippen LogP contribution in [0.4, 0.5) is 18.9 Å². The molecule has 0 saturated carbocycles. The van der Waals surface area contributed by atoms with E-state index < -0.39 is 11.7 Å². The molecule has 0 aliphatic heterocycles. The van der Waals surface area contributed by atoms with E-state index in [-0.39, 0.29) is 0 Å². The molecule has 2 N–H and O–H groups in total. The topological polar surface area (TPSA) is 36.4 Å². The number of halogens is 3. The van der Waals surface area contributed by atoms with Crippen molar-refractivity contribution in [2.75, 3.05) is 20.1 Å². The van der Waals surface area contributed by atoms with Gasteiger partial charge in [0.1, 0.15) is 0 Å². The minimum Gasteiger partial charge on any atom is -0.318 e. The molecule has 0 radical (unpaired) electrons. The van der Waals surface area contributed by atoms with Crippen LogP contribution in [-0.2, 0) is 6.18 Å². The van der Waals surface area contributed by atoms with E-state index in [0.29, 0.717) is 11.6 Å². The smallest absolute Gasteiger partial charge is 0.318 e. The Bertz CT molecular complexity index is 734. The summed E-state index contributed by atoms with van der Waals surface area (Å²) in [5.74, 6) is 0. The number of aryl methyl sites for hydroxylation is 1. The van der Waals surface area contributed by atoms with Crippen LogP contribution in [0.2, 0.25) is 0 Å². The molecular weight excluding hydrogens is 387 g/mol. The van der Waals surface area contributed by atoms with Crippen molar-refractivity contribution in [1.29, 1.82) is 0 Å². The van der Waals surface area contributed by atoms with Gasteiger partial charge in [0.25, 0.3) is 0 Å². The molecule has 6 heteroatoms. The Kier molecular flexibility index (Phi) is 12.0. The Morgan fingerprint density at radius 2 is 1.77 bits per heavy atom. The van der Waals surface area contributed by atoms with Crippen LogP contribution < -0.4 is 10.6 Å². The molecule has 1 unspecified atom stereocenters. The number of benzene rings is 2. The van der Waals surface area contributed by atoms with E-state index >= 15 is 0 Å². The highest BCUT2D eigenvalue weighted by atomic mass is 19.4. The zero-order chi connectivity index (χ0) is 22.4. The summed E-state index contributed by atoms with van der Waals surface area (Å²) in [4.78, 5) is 4.14. The Hall–Kier alpha value is -2.18. The third kappa shape index (κ3) is 9.55. The molecule has 0 spiro atoms. The highest BCUT2D eigenvalue weighted by Crippen LogP contribution is 2.29. The molecule has 0 heterocycles. The van der Waals surface area contributed by atoms with Crippen LogP contribution in [0.1, 0.15) is 55.3 Å². The maximum Gasteiger partial charge on any atom is 0.416 e. The fourth-order valence-electron chi connectivity index (χ4n) is 3.08. The lowest BCUT2D eigenvalue weighted by molar-refractivity contribution is -0.137. The number of hydrogen-bond donors (Lipinski definition) is 2.